The summed E-state index contributed by atoms with van der Waals surface area (Å²) in [6, 6.07) is -1.14. The Morgan fingerprint density at radius 1 is 1.12 bits per heavy atom. The van der Waals surface area contributed by atoms with E-state index >= 15 is 0 Å². The lowest BCUT2D eigenvalue weighted by atomic mass is 10.1. The molecule has 1 saturated heterocycles. The zero-order valence-electron chi connectivity index (χ0n) is 24.1. The monoisotopic (exact) mass is 559 g/mol. The average Bonchev–Trinajstić information content (AvgIpc) is 2.71. The van der Waals surface area contributed by atoms with Gasteiger partial charge in [0.15, 0.2) is 6.20 Å². The molecule has 21 nitrogen and oxygen atoms in total. The summed E-state index contributed by atoms with van der Waals surface area (Å²) in [7, 11) is -18.6. The summed E-state index contributed by atoms with van der Waals surface area (Å²) < 4.78 is 111. The second-order valence-electron chi connectivity index (χ2n) is 4.57. The highest BCUT2D eigenvalue weighted by Gasteiger charge is 2.46. The lowest BCUT2D eigenvalue weighted by Crippen LogP contribution is -2.36. The van der Waals surface area contributed by atoms with E-state index in [2.05, 4.69) is 22.9 Å². The van der Waals surface area contributed by atoms with Crippen LogP contribution in [-0.2, 0) is 31.6 Å². The minimum Gasteiger partial charge on any atom is -0.387 e. The van der Waals surface area contributed by atoms with E-state index < -0.39 is 82.8 Å². The van der Waals surface area contributed by atoms with Gasteiger partial charge in [-0.3, -0.25) is 9.09 Å². The van der Waals surface area contributed by atoms with Gasteiger partial charge < -0.3 is 64.9 Å². The zero-order chi connectivity index (χ0) is 29.4. The van der Waals surface area contributed by atoms with Crippen LogP contribution in [0.1, 0.15) is 17.2 Å². The van der Waals surface area contributed by atoms with E-state index in [0.29, 0.717) is 0 Å². The van der Waals surface area contributed by atoms with Crippen molar-refractivity contribution in [3.8, 4) is 0 Å². The van der Waals surface area contributed by atoms with Crippen LogP contribution in [0.3, 0.4) is 0 Å². The molecule has 33 heavy (non-hydrogen) atoms. The number of phosphoric acid groups is 3. The fraction of sp³-hybridized carbons (Fsp3) is 0.556. The summed E-state index contributed by atoms with van der Waals surface area (Å²) in [6.45, 7) is -4.58. The summed E-state index contributed by atoms with van der Waals surface area (Å²) in [5.41, 5.74) is 3.36. The fourth-order valence-electron chi connectivity index (χ4n) is 1.50. The maximum Gasteiger partial charge on any atom is 0.490 e. The molecular weight excluding hydrogens is 523 g/mol. The van der Waals surface area contributed by atoms with Crippen LogP contribution in [0.15, 0.2) is 17.0 Å². The van der Waals surface area contributed by atoms with E-state index in [4.69, 9.17) is 31.4 Å². The molecule has 1 aromatic heterocycles. The van der Waals surface area contributed by atoms with Crippen LogP contribution in [0, 0.1) is 0 Å². The molecule has 0 aliphatic carbocycles. The number of hydrogen-bond donors (Lipinski definition) is 11. The molecule has 1 aliphatic rings. The van der Waals surface area contributed by atoms with Crippen molar-refractivity contribution in [2.75, 3.05) is 12.3 Å². The summed E-state index contributed by atoms with van der Waals surface area (Å²) in [5, 5.41) is 20.9. The lowest BCUT2D eigenvalue weighted by Gasteiger charge is -2.19. The SMILES string of the molecule is N.N.N.N.[2H]c1c(N)nc(=O)n([C@]2([2H])O[C@]([2H])(C([2H])([2H])OP(=O)(O)OP(=O)(O)OP(=O)(O)O)[C@@]([2H])(O)[C@@]2([2H])O)c1[2H]. The Morgan fingerprint density at radius 3 is 2.18 bits per heavy atom. The Bertz CT molecular complexity index is 1330. The number of anilines is 1. The molecule has 2 unspecified atom stereocenters. The number of rotatable bonds is 8. The maximum absolute atomic E-state index is 12.3. The predicted molar refractivity (Wildman–Crippen MR) is 109 cm³/mol. The van der Waals surface area contributed by atoms with Gasteiger partial charge >= 0.3 is 29.2 Å². The number of hydrogen-bond acceptors (Lipinski definition) is 16. The largest absolute Gasteiger partial charge is 0.490 e. The van der Waals surface area contributed by atoms with Crippen LogP contribution < -0.4 is 36.0 Å². The molecule has 0 spiro atoms. The first kappa shape index (κ1) is 22.3. The van der Waals surface area contributed by atoms with E-state index in [9.17, 15) is 33.6 Å². The van der Waals surface area contributed by atoms with E-state index in [1.165, 1.54) is 0 Å². The van der Waals surface area contributed by atoms with Crippen LogP contribution in [0.4, 0.5) is 5.82 Å². The number of nitrogens with two attached hydrogens (primary N) is 1. The molecule has 0 aromatic carbocycles. The quantitative estimate of drug-likeness (QED) is 0.160. The third-order valence-electron chi connectivity index (χ3n) is 2.42. The summed E-state index contributed by atoms with van der Waals surface area (Å²) in [5.74, 6) is -0.914. The molecule has 0 saturated carbocycles. The van der Waals surface area contributed by atoms with Gasteiger partial charge in [0.1, 0.15) is 24.1 Å². The normalized spacial score (nSPS) is 38.6. The van der Waals surface area contributed by atoms with Crippen molar-refractivity contribution in [3.63, 3.8) is 0 Å². The van der Waals surface area contributed by atoms with Crippen molar-refractivity contribution in [2.45, 2.75) is 24.4 Å². The zero-order valence-corrected chi connectivity index (χ0v) is 18.8. The van der Waals surface area contributed by atoms with Gasteiger partial charge in [0.05, 0.1) is 17.5 Å². The van der Waals surface area contributed by atoms with Gasteiger partial charge in [0, 0.05) is 6.17 Å². The van der Waals surface area contributed by atoms with Crippen molar-refractivity contribution in [2.24, 2.45) is 0 Å². The molecule has 198 valence electrons. The van der Waals surface area contributed by atoms with Gasteiger partial charge in [0.25, 0.3) is 0 Å². The smallest absolute Gasteiger partial charge is 0.387 e. The van der Waals surface area contributed by atoms with Gasteiger partial charge in [-0.2, -0.15) is 13.6 Å². The fourth-order valence-corrected chi connectivity index (χ4v) is 4.34. The number of nitrogen functional groups attached to an aromatic ring is 1. The average molecular weight is 559 g/mol. The van der Waals surface area contributed by atoms with Gasteiger partial charge in [0.2, 0.25) is 0 Å². The van der Waals surface area contributed by atoms with Gasteiger partial charge in [-0.05, 0) is 6.04 Å². The van der Waals surface area contributed by atoms with Gasteiger partial charge in [-0.25, -0.2) is 18.5 Å². The maximum atomic E-state index is 12.3. The van der Waals surface area contributed by atoms with Crippen molar-refractivity contribution >= 4 is 29.3 Å². The predicted octanol–water partition coefficient (Wildman–Crippen LogP) is -1.56. The van der Waals surface area contributed by atoms with Crippen molar-refractivity contribution in [3.05, 3.63) is 22.7 Å². The molecule has 2 rings (SSSR count). The van der Waals surface area contributed by atoms with Gasteiger partial charge in [-0.15, -0.1) is 0 Å². The Labute approximate surface area is 196 Å². The van der Waals surface area contributed by atoms with Crippen LogP contribution in [0.5, 0.6) is 0 Å². The van der Waals surface area contributed by atoms with E-state index in [1.54, 1.807) is 0 Å². The summed E-state index contributed by atoms with van der Waals surface area (Å²) in [4.78, 5) is 51.0. The summed E-state index contributed by atoms with van der Waals surface area (Å²) in [6.07, 6.45) is -19.0. The first-order chi connectivity index (χ1) is 16.1. The topological polar surface area (TPSA) is 410 Å². The number of aliphatic hydroxyl groups is 2. The minimum atomic E-state index is -6.48. The highest BCUT2D eigenvalue weighted by molar-refractivity contribution is 7.66. The van der Waals surface area contributed by atoms with Crippen molar-refractivity contribution in [1.29, 1.82) is 0 Å². The van der Waals surface area contributed by atoms with Crippen LogP contribution in [0.2, 0.25) is 0 Å². The van der Waals surface area contributed by atoms with Gasteiger partial charge in [-0.1, -0.05) is 0 Å². The molecular formula is C9H28N7O14P3. The molecule has 24 heteroatoms. The van der Waals surface area contributed by atoms with Crippen molar-refractivity contribution < 1.29 is 72.3 Å². The molecule has 1 fully saturated rings. The molecule has 1 aliphatic heterocycles. The van der Waals surface area contributed by atoms with E-state index in [0.717, 1.165) is 0 Å². The van der Waals surface area contributed by atoms with Crippen LogP contribution in [-0.4, -0.2) is 64.1 Å². The number of aromatic nitrogens is 2. The third-order valence-corrected chi connectivity index (χ3v) is 6.07. The highest BCUT2D eigenvalue weighted by Crippen LogP contribution is 2.66. The molecule has 0 bridgehead atoms. The number of ether oxygens (including phenoxy) is 1. The minimum absolute atomic E-state index is 0. The highest BCUT2D eigenvalue weighted by atomic mass is 31.3. The molecule has 20 N–H and O–H groups in total. The second-order valence-corrected chi connectivity index (χ2v) is 8.91. The molecule has 2 heterocycles. The number of nitrogens with zero attached hydrogens (tertiary/aromatic N) is 2. The molecule has 6 atom stereocenters. The first-order valence-corrected chi connectivity index (χ1v) is 11.0. The van der Waals surface area contributed by atoms with Crippen molar-refractivity contribution in [1.82, 2.24) is 34.2 Å². The lowest BCUT2D eigenvalue weighted by molar-refractivity contribution is -0.0541. The second kappa shape index (κ2) is 13.0. The van der Waals surface area contributed by atoms with Crippen LogP contribution in [0.25, 0.3) is 0 Å². The molecule has 0 amide bonds. The van der Waals surface area contributed by atoms with E-state index in [1.807, 2.05) is 0 Å². The first-order valence-electron chi connectivity index (χ1n) is 10.4. The van der Waals surface area contributed by atoms with E-state index in [-0.39, 0.29) is 24.6 Å². The van der Waals surface area contributed by atoms with Crippen LogP contribution >= 0.6 is 23.5 Å². The Hall–Kier alpha value is -1.19. The Morgan fingerprint density at radius 2 is 1.67 bits per heavy atom. The number of phosphoric ester groups is 1. The Balaban J connectivity index is -0.00000361. The summed E-state index contributed by atoms with van der Waals surface area (Å²) >= 11 is 0. The Kier molecular flexibility index (Phi) is 8.81. The molecule has 1 aromatic rings. The third kappa shape index (κ3) is 10.3. The molecule has 0 radical (unpaired) electrons. The standard InChI is InChI=1S/C9H16N3O14P3.4H3N/c10-5-1-2-12(9(15)11-5)8-7(14)6(13)4(24-8)3-23-28(19,20)26-29(21,22)25-27(16,17)18;;;;/h1-2,4,6-8,13-14H,3H2,(H,19,20)(H,21,22)(H2,10,11,15)(H2,16,17,18);4*1H3/t4-,6-,7-,8-;;;;/m1..../s1/i1D,2D,3D2,4D,6D,7D,8D;;;;.